The van der Waals surface area contributed by atoms with Gasteiger partial charge in [-0.1, -0.05) is 121 Å². The maximum atomic E-state index is 14.5. The zero-order valence-electron chi connectivity index (χ0n) is 18.0. The topological polar surface area (TPSA) is 20.3 Å². The number of nitrogens with zero attached hydrogens (tertiary/aromatic N) is 1. The van der Waals surface area contributed by atoms with E-state index in [1.54, 1.807) is 0 Å². The molecule has 0 aliphatic heterocycles. The van der Waals surface area contributed by atoms with Gasteiger partial charge in [-0.2, -0.15) is 0 Å². The number of hydrogen-bond acceptors (Lipinski definition) is 1. The molecule has 0 unspecified atom stereocenters. The summed E-state index contributed by atoms with van der Waals surface area (Å²) in [6, 6.07) is 40.4. The lowest BCUT2D eigenvalue weighted by Crippen LogP contribution is -2.47. The van der Waals surface area contributed by atoms with E-state index in [-0.39, 0.29) is 11.9 Å². The van der Waals surface area contributed by atoms with Crippen LogP contribution in [0.25, 0.3) is 0 Å². The van der Waals surface area contributed by atoms with Crippen molar-refractivity contribution in [3.63, 3.8) is 0 Å². The van der Waals surface area contributed by atoms with Gasteiger partial charge in [-0.3, -0.25) is 4.79 Å². The van der Waals surface area contributed by atoms with E-state index in [0.29, 0.717) is 0 Å². The lowest BCUT2D eigenvalue weighted by atomic mass is 9.68. The predicted octanol–water partition coefficient (Wildman–Crippen LogP) is 6.24. The monoisotopic (exact) mass is 405 g/mol. The molecule has 0 saturated heterocycles. The lowest BCUT2D eigenvalue weighted by Gasteiger charge is -2.39. The van der Waals surface area contributed by atoms with Crippen molar-refractivity contribution in [3.8, 4) is 0 Å². The van der Waals surface area contributed by atoms with Gasteiger partial charge in [0.05, 0.1) is 6.04 Å². The number of carbonyl (C=O) groups is 1. The highest BCUT2D eigenvalue weighted by atomic mass is 16.2. The summed E-state index contributed by atoms with van der Waals surface area (Å²) >= 11 is 0. The molecule has 0 heterocycles. The van der Waals surface area contributed by atoms with Crippen molar-refractivity contribution >= 4 is 5.91 Å². The minimum atomic E-state index is -0.943. The van der Waals surface area contributed by atoms with E-state index >= 15 is 0 Å². The number of hydrogen-bond donors (Lipinski definition) is 0. The Morgan fingerprint density at radius 3 is 1.29 bits per heavy atom. The highest BCUT2D eigenvalue weighted by molar-refractivity contribution is 5.96. The van der Waals surface area contributed by atoms with Gasteiger partial charge in [0.1, 0.15) is 5.41 Å². The van der Waals surface area contributed by atoms with Crippen molar-refractivity contribution in [2.45, 2.75) is 18.4 Å². The van der Waals surface area contributed by atoms with Crippen LogP contribution >= 0.6 is 0 Å². The molecular weight excluding hydrogens is 378 g/mol. The molecule has 0 fully saturated rings. The Morgan fingerprint density at radius 1 is 0.613 bits per heavy atom. The van der Waals surface area contributed by atoms with Crippen LogP contribution in [0.2, 0.25) is 0 Å². The molecule has 0 aromatic heterocycles. The summed E-state index contributed by atoms with van der Waals surface area (Å²) in [7, 11) is 1.91. The van der Waals surface area contributed by atoms with E-state index in [9.17, 15) is 4.79 Å². The van der Waals surface area contributed by atoms with E-state index in [0.717, 1.165) is 22.3 Å². The smallest absolute Gasteiger partial charge is 0.242 e. The molecule has 0 saturated carbocycles. The fourth-order valence-corrected chi connectivity index (χ4v) is 4.33. The largest absolute Gasteiger partial charge is 0.338 e. The molecule has 2 heteroatoms. The molecule has 0 aliphatic carbocycles. The van der Waals surface area contributed by atoms with Gasteiger partial charge in [0.15, 0.2) is 0 Å². The average Bonchev–Trinajstić information content (AvgIpc) is 2.86. The van der Waals surface area contributed by atoms with Crippen molar-refractivity contribution in [2.75, 3.05) is 7.05 Å². The van der Waals surface area contributed by atoms with Crippen LogP contribution in [0.3, 0.4) is 0 Å². The van der Waals surface area contributed by atoms with Crippen LogP contribution in [-0.2, 0) is 10.2 Å². The molecule has 0 aliphatic rings. The molecule has 0 radical (unpaired) electrons. The molecule has 4 aromatic rings. The second-order valence-electron chi connectivity index (χ2n) is 7.85. The molecule has 4 rings (SSSR count). The minimum Gasteiger partial charge on any atom is -0.338 e. The van der Waals surface area contributed by atoms with Crippen LogP contribution in [0, 0.1) is 0 Å². The summed E-state index contributed by atoms with van der Waals surface area (Å²) in [5.74, 6) is 0.0486. The highest BCUT2D eigenvalue weighted by Gasteiger charge is 2.46. The minimum absolute atomic E-state index is 0.0486. The van der Waals surface area contributed by atoms with Crippen LogP contribution in [0.15, 0.2) is 121 Å². The average molecular weight is 406 g/mol. The normalized spacial score (nSPS) is 12.2. The highest BCUT2D eigenvalue weighted by Crippen LogP contribution is 2.42. The summed E-state index contributed by atoms with van der Waals surface area (Å²) in [5.41, 5.74) is 3.06. The Kier molecular flexibility index (Phi) is 5.99. The van der Waals surface area contributed by atoms with Crippen molar-refractivity contribution in [1.82, 2.24) is 4.90 Å². The van der Waals surface area contributed by atoms with E-state index in [1.165, 1.54) is 0 Å². The summed E-state index contributed by atoms with van der Waals surface area (Å²) in [6.45, 7) is 2.08. The summed E-state index contributed by atoms with van der Waals surface area (Å²) in [6.07, 6.45) is 0. The van der Waals surface area contributed by atoms with Gasteiger partial charge < -0.3 is 4.90 Å². The number of amides is 1. The molecule has 1 atom stereocenters. The van der Waals surface area contributed by atoms with Gasteiger partial charge in [0.2, 0.25) is 5.91 Å². The Balaban J connectivity index is 1.95. The first-order valence-electron chi connectivity index (χ1n) is 10.6. The van der Waals surface area contributed by atoms with Gasteiger partial charge in [-0.05, 0) is 29.2 Å². The van der Waals surface area contributed by atoms with Crippen molar-refractivity contribution < 1.29 is 4.79 Å². The van der Waals surface area contributed by atoms with E-state index in [1.807, 2.05) is 84.7 Å². The summed E-state index contributed by atoms with van der Waals surface area (Å²) in [5, 5.41) is 0. The number of likely N-dealkylation sites (N-methyl/N-ethyl adjacent to an activating group) is 1. The maximum Gasteiger partial charge on any atom is 0.242 e. The molecule has 4 aromatic carbocycles. The van der Waals surface area contributed by atoms with Crippen LogP contribution < -0.4 is 0 Å². The van der Waals surface area contributed by atoms with Crippen LogP contribution in [-0.4, -0.2) is 17.9 Å². The quantitative estimate of drug-likeness (QED) is 0.348. The standard InChI is InChI=1S/C29H27NO/c1-23(24-15-7-3-8-16-24)30(2)28(31)29(25-17-9-4-10-18-25,26-19-11-5-12-20-26)27-21-13-6-14-22-27/h3-23H,1-2H3/t23-/m0/s1. The molecule has 1 amide bonds. The zero-order valence-corrected chi connectivity index (χ0v) is 18.0. The maximum absolute atomic E-state index is 14.5. The van der Waals surface area contributed by atoms with Crippen LogP contribution in [0.4, 0.5) is 0 Å². The molecular formula is C29H27NO. The molecule has 0 spiro atoms. The van der Waals surface area contributed by atoms with E-state index < -0.39 is 5.41 Å². The second kappa shape index (κ2) is 9.01. The Hall–Kier alpha value is -3.65. The van der Waals surface area contributed by atoms with Gasteiger partial charge >= 0.3 is 0 Å². The van der Waals surface area contributed by atoms with Crippen molar-refractivity contribution in [1.29, 1.82) is 0 Å². The number of carbonyl (C=O) groups excluding carboxylic acids is 1. The molecule has 2 nitrogen and oxygen atoms in total. The van der Waals surface area contributed by atoms with Gasteiger partial charge in [0, 0.05) is 7.05 Å². The summed E-state index contributed by atoms with van der Waals surface area (Å²) < 4.78 is 0. The number of rotatable bonds is 6. The van der Waals surface area contributed by atoms with Gasteiger partial charge in [0.25, 0.3) is 0 Å². The first-order valence-corrected chi connectivity index (χ1v) is 10.6. The third kappa shape index (κ3) is 3.77. The Morgan fingerprint density at radius 2 is 0.935 bits per heavy atom. The van der Waals surface area contributed by atoms with E-state index in [2.05, 4.69) is 55.5 Å². The Bertz CT molecular complexity index is 1010. The lowest BCUT2D eigenvalue weighted by molar-refractivity contribution is -0.135. The van der Waals surface area contributed by atoms with Crippen LogP contribution in [0.1, 0.15) is 35.2 Å². The Labute approximate surface area is 184 Å². The fourth-order valence-electron chi connectivity index (χ4n) is 4.33. The third-order valence-corrected chi connectivity index (χ3v) is 6.12. The summed E-state index contributed by atoms with van der Waals surface area (Å²) in [4.78, 5) is 16.4. The zero-order chi connectivity index (χ0) is 21.7. The third-order valence-electron chi connectivity index (χ3n) is 6.12. The van der Waals surface area contributed by atoms with Crippen molar-refractivity contribution in [3.05, 3.63) is 144 Å². The predicted molar refractivity (Wildman–Crippen MR) is 127 cm³/mol. The SMILES string of the molecule is C[C@@H](c1ccccc1)N(C)C(=O)C(c1ccccc1)(c1ccccc1)c1ccccc1. The first kappa shape index (κ1) is 20.6. The molecule has 0 bridgehead atoms. The van der Waals surface area contributed by atoms with Gasteiger partial charge in [-0.15, -0.1) is 0 Å². The molecule has 31 heavy (non-hydrogen) atoms. The van der Waals surface area contributed by atoms with Crippen molar-refractivity contribution in [2.24, 2.45) is 0 Å². The molecule has 154 valence electrons. The second-order valence-corrected chi connectivity index (χ2v) is 7.85. The fraction of sp³-hybridized carbons (Fsp3) is 0.138. The first-order chi connectivity index (χ1) is 15.2. The van der Waals surface area contributed by atoms with Gasteiger partial charge in [-0.25, -0.2) is 0 Å². The number of benzene rings is 4. The van der Waals surface area contributed by atoms with Crippen LogP contribution in [0.5, 0.6) is 0 Å². The molecule has 0 N–H and O–H groups in total. The van der Waals surface area contributed by atoms with E-state index in [4.69, 9.17) is 0 Å².